The molecule has 0 aromatic heterocycles. The van der Waals surface area contributed by atoms with Crippen molar-refractivity contribution in [2.24, 2.45) is 5.92 Å². The first-order chi connectivity index (χ1) is 11.4. The van der Waals surface area contributed by atoms with Crippen LogP contribution in [0.3, 0.4) is 0 Å². The molecule has 1 aromatic rings. The number of nitrogens with zero attached hydrogens (tertiary/aromatic N) is 2. The van der Waals surface area contributed by atoms with E-state index < -0.39 is 5.97 Å². The maximum Gasteiger partial charge on any atom is 0.317 e. The Hall–Kier alpha value is -1.92. The van der Waals surface area contributed by atoms with Crippen LogP contribution in [0.1, 0.15) is 21.5 Å². The van der Waals surface area contributed by atoms with Crippen molar-refractivity contribution in [3.63, 3.8) is 0 Å². The van der Waals surface area contributed by atoms with Gasteiger partial charge in [-0.25, -0.2) is 0 Å². The molecule has 2 fully saturated rings. The Labute approximate surface area is 142 Å². The van der Waals surface area contributed by atoms with Crippen molar-refractivity contribution in [2.75, 3.05) is 39.4 Å². The second kappa shape index (κ2) is 6.91. The minimum atomic E-state index is -0.830. The monoisotopic (exact) mass is 332 g/mol. The number of hydrogen-bond donors (Lipinski definition) is 1. The fourth-order valence-electron chi connectivity index (χ4n) is 3.72. The molecule has 6 nitrogen and oxygen atoms in total. The summed E-state index contributed by atoms with van der Waals surface area (Å²) >= 11 is 0. The van der Waals surface area contributed by atoms with Crippen LogP contribution in [0.4, 0.5) is 0 Å². The van der Waals surface area contributed by atoms with Crippen LogP contribution in [0, 0.1) is 19.8 Å². The highest BCUT2D eigenvalue weighted by Gasteiger charge is 2.36. The average molecular weight is 332 g/mol. The van der Waals surface area contributed by atoms with Gasteiger partial charge in [0, 0.05) is 31.1 Å². The summed E-state index contributed by atoms with van der Waals surface area (Å²) in [5.74, 6) is -0.667. The van der Waals surface area contributed by atoms with Gasteiger partial charge in [0.1, 0.15) is 0 Å². The van der Waals surface area contributed by atoms with Gasteiger partial charge in [0.05, 0.1) is 25.8 Å². The van der Waals surface area contributed by atoms with E-state index in [9.17, 15) is 9.59 Å². The van der Waals surface area contributed by atoms with Gasteiger partial charge in [0.25, 0.3) is 5.91 Å². The summed E-state index contributed by atoms with van der Waals surface area (Å²) in [6, 6.07) is 5.75. The molecule has 3 rings (SSSR count). The maximum atomic E-state index is 13.1. The van der Waals surface area contributed by atoms with E-state index in [0.717, 1.165) is 16.7 Å². The predicted octanol–water partition coefficient (Wildman–Crippen LogP) is 1.16. The number of carbonyl (C=O) groups excluding carboxylic acids is 1. The summed E-state index contributed by atoms with van der Waals surface area (Å²) in [5.41, 5.74) is 2.83. The number of fused-ring (bicyclic) bond motifs is 3. The molecular formula is C18H24N2O4. The van der Waals surface area contributed by atoms with E-state index in [2.05, 4.69) is 0 Å². The van der Waals surface area contributed by atoms with Gasteiger partial charge < -0.3 is 14.7 Å². The van der Waals surface area contributed by atoms with E-state index in [4.69, 9.17) is 9.84 Å². The van der Waals surface area contributed by atoms with Crippen molar-refractivity contribution in [3.8, 4) is 0 Å². The number of benzene rings is 1. The molecule has 0 spiro atoms. The van der Waals surface area contributed by atoms with Crippen molar-refractivity contribution in [2.45, 2.75) is 19.9 Å². The molecule has 2 bridgehead atoms. The van der Waals surface area contributed by atoms with Crippen LogP contribution in [0.5, 0.6) is 0 Å². The Morgan fingerprint density at radius 1 is 1.21 bits per heavy atom. The highest BCUT2D eigenvalue weighted by Crippen LogP contribution is 2.23. The van der Waals surface area contributed by atoms with Crippen molar-refractivity contribution >= 4 is 11.9 Å². The zero-order valence-corrected chi connectivity index (χ0v) is 14.2. The normalized spacial score (nSPS) is 24.5. The van der Waals surface area contributed by atoms with E-state index in [-0.39, 0.29) is 24.4 Å². The van der Waals surface area contributed by atoms with Gasteiger partial charge in [0.15, 0.2) is 0 Å². The highest BCUT2D eigenvalue weighted by molar-refractivity contribution is 5.96. The molecule has 2 heterocycles. The summed E-state index contributed by atoms with van der Waals surface area (Å²) < 4.78 is 5.71. The second-order valence-electron chi connectivity index (χ2n) is 6.92. The van der Waals surface area contributed by atoms with Crippen molar-refractivity contribution in [1.82, 2.24) is 9.80 Å². The van der Waals surface area contributed by atoms with Crippen LogP contribution in [0.15, 0.2) is 18.2 Å². The Balaban J connectivity index is 1.84. The lowest BCUT2D eigenvalue weighted by Crippen LogP contribution is -2.47. The van der Waals surface area contributed by atoms with Crippen LogP contribution in [-0.4, -0.2) is 72.2 Å². The minimum absolute atomic E-state index is 0.0125. The lowest BCUT2D eigenvalue weighted by molar-refractivity contribution is -0.138. The fraction of sp³-hybridized carbons (Fsp3) is 0.556. The number of carbonyl (C=O) groups is 2. The first-order valence-corrected chi connectivity index (χ1v) is 8.34. The zero-order valence-electron chi connectivity index (χ0n) is 14.2. The first kappa shape index (κ1) is 16.9. The van der Waals surface area contributed by atoms with Gasteiger partial charge in [-0.15, -0.1) is 0 Å². The number of amides is 1. The minimum Gasteiger partial charge on any atom is -0.480 e. The smallest absolute Gasteiger partial charge is 0.317 e. The Morgan fingerprint density at radius 2 is 2.00 bits per heavy atom. The topological polar surface area (TPSA) is 70.1 Å². The molecule has 0 aliphatic carbocycles. The van der Waals surface area contributed by atoms with Crippen molar-refractivity contribution in [3.05, 3.63) is 34.9 Å². The number of rotatable bonds is 3. The number of ether oxygens (including phenoxy) is 1. The lowest BCUT2D eigenvalue weighted by Gasteiger charge is -2.31. The quantitative estimate of drug-likeness (QED) is 0.899. The van der Waals surface area contributed by atoms with Gasteiger partial charge in [-0.2, -0.15) is 0 Å². The van der Waals surface area contributed by atoms with E-state index in [1.54, 1.807) is 0 Å². The molecule has 1 aromatic carbocycles. The molecule has 130 valence electrons. The van der Waals surface area contributed by atoms with Gasteiger partial charge in [0.2, 0.25) is 0 Å². The zero-order chi connectivity index (χ0) is 17.3. The second-order valence-corrected chi connectivity index (χ2v) is 6.92. The SMILES string of the molecule is Cc1ccc(C(=O)N2C[C@H]3COC[C@@H]2CN(CC(=O)O)C3)c(C)c1. The number of aryl methyl sites for hydroxylation is 2. The number of aliphatic carboxylic acids is 1. The Morgan fingerprint density at radius 3 is 2.71 bits per heavy atom. The highest BCUT2D eigenvalue weighted by atomic mass is 16.5. The van der Waals surface area contributed by atoms with Gasteiger partial charge >= 0.3 is 5.97 Å². The standard InChI is InChI=1S/C18H24N2O4/c1-12-3-4-16(13(2)5-12)18(23)20-7-14-6-19(9-17(21)22)8-15(20)11-24-10-14/h3-5,14-15H,6-11H2,1-2H3,(H,21,22)/t14-,15-/m0/s1. The van der Waals surface area contributed by atoms with E-state index in [1.165, 1.54) is 0 Å². The van der Waals surface area contributed by atoms with Crippen LogP contribution in [-0.2, 0) is 9.53 Å². The molecule has 2 atom stereocenters. The van der Waals surface area contributed by atoms with Gasteiger partial charge in [-0.1, -0.05) is 17.7 Å². The first-order valence-electron chi connectivity index (χ1n) is 8.34. The van der Waals surface area contributed by atoms with Gasteiger partial charge in [-0.05, 0) is 25.5 Å². The third-order valence-corrected chi connectivity index (χ3v) is 4.78. The maximum absolute atomic E-state index is 13.1. The van der Waals surface area contributed by atoms with E-state index >= 15 is 0 Å². The molecule has 0 radical (unpaired) electrons. The summed E-state index contributed by atoms with van der Waals surface area (Å²) in [6.45, 7) is 6.83. The molecule has 24 heavy (non-hydrogen) atoms. The van der Waals surface area contributed by atoms with Crippen LogP contribution in [0.25, 0.3) is 0 Å². The van der Waals surface area contributed by atoms with Crippen LogP contribution >= 0.6 is 0 Å². The number of carboxylic acid groups (broad SMARTS) is 1. The molecule has 0 saturated carbocycles. The molecule has 6 heteroatoms. The molecule has 1 amide bonds. The van der Waals surface area contributed by atoms with E-state index in [0.29, 0.717) is 32.8 Å². The third-order valence-electron chi connectivity index (χ3n) is 4.78. The predicted molar refractivity (Wildman–Crippen MR) is 89.1 cm³/mol. The Kier molecular flexibility index (Phi) is 4.87. The van der Waals surface area contributed by atoms with E-state index in [1.807, 2.05) is 41.8 Å². The summed E-state index contributed by atoms with van der Waals surface area (Å²) in [6.07, 6.45) is 0. The third kappa shape index (κ3) is 3.60. The molecule has 2 aliphatic heterocycles. The largest absolute Gasteiger partial charge is 0.480 e. The molecule has 1 N–H and O–H groups in total. The lowest BCUT2D eigenvalue weighted by atomic mass is 10.0. The number of hydrogen-bond acceptors (Lipinski definition) is 4. The number of carboxylic acids is 1. The van der Waals surface area contributed by atoms with Gasteiger partial charge in [-0.3, -0.25) is 14.5 Å². The molecule has 0 unspecified atom stereocenters. The molecule has 2 aliphatic rings. The summed E-state index contributed by atoms with van der Waals surface area (Å²) in [7, 11) is 0. The molecular weight excluding hydrogens is 308 g/mol. The molecule has 2 saturated heterocycles. The van der Waals surface area contributed by atoms with Crippen LogP contribution in [0.2, 0.25) is 0 Å². The van der Waals surface area contributed by atoms with Crippen molar-refractivity contribution in [1.29, 1.82) is 0 Å². The summed E-state index contributed by atoms with van der Waals surface area (Å²) in [4.78, 5) is 28.0. The Bertz CT molecular complexity index is 646. The van der Waals surface area contributed by atoms with Crippen molar-refractivity contribution < 1.29 is 19.4 Å². The van der Waals surface area contributed by atoms with Crippen LogP contribution < -0.4 is 0 Å². The fourth-order valence-corrected chi connectivity index (χ4v) is 3.72. The average Bonchev–Trinajstić information content (AvgIpc) is 2.76. The summed E-state index contributed by atoms with van der Waals surface area (Å²) in [5, 5.41) is 9.08.